The summed E-state index contributed by atoms with van der Waals surface area (Å²) in [6.45, 7) is 4.09. The molecule has 0 aromatic heterocycles. The van der Waals surface area contributed by atoms with Crippen LogP contribution in [0.1, 0.15) is 0 Å². The van der Waals surface area contributed by atoms with Crippen molar-refractivity contribution in [2.45, 2.75) is 11.4 Å². The average Bonchev–Trinajstić information content (AvgIpc) is 2.65. The molecule has 3 rings (SSSR count). The Morgan fingerprint density at radius 3 is 2.71 bits per heavy atom. The summed E-state index contributed by atoms with van der Waals surface area (Å²) in [7, 11) is 2.15. The Balaban J connectivity index is 0.00000280. The van der Waals surface area contributed by atoms with Gasteiger partial charge in [0, 0.05) is 5.75 Å². The predicted octanol–water partition coefficient (Wildman–Crippen LogP) is -2.84. The molecule has 0 aliphatic carbocycles. The lowest BCUT2D eigenvalue weighted by atomic mass is 10.0. The van der Waals surface area contributed by atoms with E-state index in [1.165, 1.54) is 16.7 Å². The number of alkyl halides is 1. The van der Waals surface area contributed by atoms with Gasteiger partial charge in [0.05, 0.1) is 32.1 Å². The summed E-state index contributed by atoms with van der Waals surface area (Å²) in [5.41, 5.74) is 0.649. The fraction of sp³-hybridized carbons (Fsp3) is 0.588. The average molecular weight is 541 g/mol. The Morgan fingerprint density at radius 2 is 2.11 bits per heavy atom. The van der Waals surface area contributed by atoms with Gasteiger partial charge in [-0.15, -0.1) is 11.8 Å². The molecule has 3 aliphatic heterocycles. The summed E-state index contributed by atoms with van der Waals surface area (Å²) in [6.07, 6.45) is 3.81. The SMILES string of the molecule is C[N+]1(CC=CC2=C(C(=O)O)N3C(=O)[C@@H](NC(=O)CBr)[C@H]3SC2)CCOCC1.[Br-]. The third-order valence-electron chi connectivity index (χ3n) is 5.05. The summed E-state index contributed by atoms with van der Waals surface area (Å²) in [4.78, 5) is 37.1. The summed E-state index contributed by atoms with van der Waals surface area (Å²) in [5, 5.41) is 12.0. The zero-order valence-electron chi connectivity index (χ0n) is 15.4. The van der Waals surface area contributed by atoms with Crippen LogP contribution in [0.4, 0.5) is 0 Å². The smallest absolute Gasteiger partial charge is 0.352 e. The maximum atomic E-state index is 12.4. The number of nitrogens with zero attached hydrogens (tertiary/aromatic N) is 2. The number of hydrogen-bond acceptors (Lipinski definition) is 5. The number of amides is 2. The molecule has 0 bridgehead atoms. The van der Waals surface area contributed by atoms with Crippen molar-refractivity contribution in [1.29, 1.82) is 0 Å². The second-order valence-corrected chi connectivity index (χ2v) is 8.70. The summed E-state index contributed by atoms with van der Waals surface area (Å²) in [6, 6.07) is -0.669. The minimum Gasteiger partial charge on any atom is -1.00 e. The molecule has 0 spiro atoms. The van der Waals surface area contributed by atoms with Gasteiger partial charge in [0.15, 0.2) is 0 Å². The van der Waals surface area contributed by atoms with E-state index in [-0.39, 0.29) is 45.2 Å². The van der Waals surface area contributed by atoms with Crippen LogP contribution in [-0.4, -0.2) is 94.7 Å². The van der Waals surface area contributed by atoms with Gasteiger partial charge in [-0.2, -0.15) is 0 Å². The van der Waals surface area contributed by atoms with Crippen LogP contribution in [0.5, 0.6) is 0 Å². The van der Waals surface area contributed by atoms with Gasteiger partial charge in [-0.3, -0.25) is 14.5 Å². The van der Waals surface area contributed by atoms with Crippen molar-refractivity contribution in [3.05, 3.63) is 23.4 Å². The van der Waals surface area contributed by atoms with E-state index in [2.05, 4.69) is 28.3 Å². The van der Waals surface area contributed by atoms with Crippen molar-refractivity contribution in [1.82, 2.24) is 10.2 Å². The molecule has 2 saturated heterocycles. The molecule has 8 nitrogen and oxygen atoms in total. The maximum absolute atomic E-state index is 12.4. The van der Waals surface area contributed by atoms with E-state index < -0.39 is 12.0 Å². The van der Waals surface area contributed by atoms with Crippen molar-refractivity contribution < 1.29 is 45.7 Å². The van der Waals surface area contributed by atoms with Gasteiger partial charge in [0.1, 0.15) is 30.2 Å². The lowest BCUT2D eigenvalue weighted by Crippen LogP contribution is -3.00. The molecule has 156 valence electrons. The van der Waals surface area contributed by atoms with E-state index >= 15 is 0 Å². The van der Waals surface area contributed by atoms with E-state index in [0.717, 1.165) is 37.3 Å². The summed E-state index contributed by atoms with van der Waals surface area (Å²) >= 11 is 4.52. The van der Waals surface area contributed by atoms with Gasteiger partial charge < -0.3 is 36.6 Å². The number of nitrogens with one attached hydrogen (secondary N) is 1. The minimum atomic E-state index is -1.12. The highest BCUT2D eigenvalue weighted by Gasteiger charge is 2.53. The highest BCUT2D eigenvalue weighted by atomic mass is 79.9. The normalized spacial score (nSPS) is 26.4. The number of β-lactam (4-membered cyclic amide) rings is 1. The Kier molecular flexibility index (Phi) is 8.15. The number of allylic oxidation sites excluding steroid dienone is 1. The number of carboxylic acids is 1. The van der Waals surface area contributed by atoms with Gasteiger partial charge in [0.2, 0.25) is 5.91 Å². The van der Waals surface area contributed by atoms with Crippen molar-refractivity contribution in [2.24, 2.45) is 0 Å². The number of quaternary nitrogens is 1. The fourth-order valence-electron chi connectivity index (χ4n) is 3.40. The number of fused-ring (bicyclic) bond motifs is 1. The van der Waals surface area contributed by atoms with Crippen molar-refractivity contribution in [3.63, 3.8) is 0 Å². The number of aliphatic carboxylic acids is 1. The molecule has 2 atom stereocenters. The third-order valence-corrected chi connectivity index (χ3v) is 6.87. The fourth-order valence-corrected chi connectivity index (χ4v) is 4.88. The molecule has 2 fully saturated rings. The first-order chi connectivity index (χ1) is 12.9. The molecule has 0 unspecified atom stereocenters. The highest BCUT2D eigenvalue weighted by Crippen LogP contribution is 2.40. The molecule has 0 radical (unpaired) electrons. The van der Waals surface area contributed by atoms with E-state index in [4.69, 9.17) is 4.74 Å². The number of rotatable bonds is 6. The van der Waals surface area contributed by atoms with E-state index in [0.29, 0.717) is 11.3 Å². The number of halogens is 2. The number of ether oxygens (including phenoxy) is 1. The van der Waals surface area contributed by atoms with E-state index in [1.54, 1.807) is 0 Å². The van der Waals surface area contributed by atoms with Crippen LogP contribution in [0.3, 0.4) is 0 Å². The standard InChI is InChI=1S/C17H22BrN3O5S.BrH/c1-21(5-7-26-8-6-21)4-2-3-11-10-27-16-13(19-12(22)9-18)15(23)20(16)14(11)17(24)25;/h2-3,13,16H,4-10H2,1H3,(H-,19,22,24,25);1H/t13-,16-;/m1./s1. The summed E-state index contributed by atoms with van der Waals surface area (Å²) < 4.78 is 6.25. The Morgan fingerprint density at radius 1 is 1.43 bits per heavy atom. The van der Waals surface area contributed by atoms with Gasteiger partial charge in [-0.1, -0.05) is 22.0 Å². The first-order valence-corrected chi connectivity index (χ1v) is 10.9. The van der Waals surface area contributed by atoms with Gasteiger partial charge in [-0.25, -0.2) is 4.79 Å². The Labute approximate surface area is 186 Å². The number of hydrogen-bond donors (Lipinski definition) is 2. The second kappa shape index (κ2) is 9.75. The van der Waals surface area contributed by atoms with Crippen molar-refractivity contribution in [3.8, 4) is 0 Å². The van der Waals surface area contributed by atoms with Crippen molar-refractivity contribution >= 4 is 45.5 Å². The Bertz CT molecular complexity index is 709. The quantitative estimate of drug-likeness (QED) is 0.214. The number of carbonyl (C=O) groups is 3. The van der Waals surface area contributed by atoms with Crippen LogP contribution in [-0.2, 0) is 19.1 Å². The monoisotopic (exact) mass is 539 g/mol. The number of carboxylic acid groups (broad SMARTS) is 1. The molecule has 11 heteroatoms. The molecule has 2 amide bonds. The topological polar surface area (TPSA) is 95.9 Å². The lowest BCUT2D eigenvalue weighted by molar-refractivity contribution is -0.911. The summed E-state index contributed by atoms with van der Waals surface area (Å²) in [5.74, 6) is -1.30. The zero-order chi connectivity index (χ0) is 19.6. The van der Waals surface area contributed by atoms with Crippen LogP contribution in [0.2, 0.25) is 0 Å². The molecule has 3 heterocycles. The van der Waals surface area contributed by atoms with Crippen LogP contribution in [0.25, 0.3) is 0 Å². The lowest BCUT2D eigenvalue weighted by Gasteiger charge is -2.49. The first kappa shape index (κ1) is 23.4. The van der Waals surface area contributed by atoms with Gasteiger partial charge >= 0.3 is 5.97 Å². The van der Waals surface area contributed by atoms with E-state index in [1.807, 2.05) is 12.2 Å². The van der Waals surface area contributed by atoms with Crippen LogP contribution >= 0.6 is 27.7 Å². The zero-order valence-corrected chi connectivity index (χ0v) is 19.4. The molecule has 0 aromatic rings. The number of morpholine rings is 1. The maximum Gasteiger partial charge on any atom is 0.352 e. The van der Waals surface area contributed by atoms with Crippen LogP contribution in [0.15, 0.2) is 23.4 Å². The minimum absolute atomic E-state index is 0. The second-order valence-electron chi connectivity index (χ2n) is 7.03. The van der Waals surface area contributed by atoms with E-state index in [9.17, 15) is 19.5 Å². The largest absolute Gasteiger partial charge is 1.00 e. The molecule has 28 heavy (non-hydrogen) atoms. The molecule has 0 saturated carbocycles. The third kappa shape index (κ3) is 4.81. The molecule has 2 N–H and O–H groups in total. The number of thioether (sulfide) groups is 1. The first-order valence-electron chi connectivity index (χ1n) is 8.70. The Hall–Kier alpha value is -0.880. The number of likely N-dealkylation sites (N-methyl/N-ethyl adjacent to an activating group) is 1. The molecular formula is C17H23Br2N3O5S. The highest BCUT2D eigenvalue weighted by molar-refractivity contribution is 9.09. The number of carbonyl (C=O) groups excluding carboxylic acids is 2. The van der Waals surface area contributed by atoms with Crippen molar-refractivity contribution in [2.75, 3.05) is 51.0 Å². The van der Waals surface area contributed by atoms with Crippen LogP contribution in [0, 0.1) is 0 Å². The molecular weight excluding hydrogens is 518 g/mol. The molecule has 0 aromatic carbocycles. The molecule has 3 aliphatic rings. The van der Waals surface area contributed by atoms with Crippen LogP contribution < -0.4 is 22.3 Å². The van der Waals surface area contributed by atoms with Gasteiger partial charge in [0.25, 0.3) is 5.91 Å². The predicted molar refractivity (Wildman–Crippen MR) is 104 cm³/mol. The van der Waals surface area contributed by atoms with Gasteiger partial charge in [-0.05, 0) is 11.6 Å².